The fourth-order valence-corrected chi connectivity index (χ4v) is 2.21. The third-order valence-corrected chi connectivity index (χ3v) is 3.17. The molecule has 7 nitrogen and oxygen atoms in total. The lowest BCUT2D eigenvalue weighted by Gasteiger charge is -2.26. The number of carbonyl (C=O) groups excluding carboxylic acids is 3. The highest BCUT2D eigenvalue weighted by atomic mass is 35.5. The third kappa shape index (κ3) is 3.80. The molecule has 1 aliphatic rings. The maximum absolute atomic E-state index is 12.7. The predicted octanol–water partition coefficient (Wildman–Crippen LogP) is 0.845. The molecule has 0 N–H and O–H groups in total. The van der Waals surface area contributed by atoms with Gasteiger partial charge in [-0.2, -0.15) is 0 Å². The van der Waals surface area contributed by atoms with Crippen LogP contribution in [0.2, 0.25) is 0 Å². The van der Waals surface area contributed by atoms with Gasteiger partial charge in [0.2, 0.25) is 5.78 Å². The number of hydrogen-bond donors (Lipinski definition) is 0. The van der Waals surface area contributed by atoms with Crippen LogP contribution in [0.1, 0.15) is 10.4 Å². The van der Waals surface area contributed by atoms with Gasteiger partial charge in [-0.3, -0.25) is 4.79 Å². The number of alkyl halides is 1. The lowest BCUT2D eigenvalue weighted by Crippen LogP contribution is -2.48. The van der Waals surface area contributed by atoms with Gasteiger partial charge in [-0.15, -0.1) is 11.6 Å². The van der Waals surface area contributed by atoms with Gasteiger partial charge in [0.1, 0.15) is 12.4 Å². The minimum absolute atomic E-state index is 0.0756. The predicted molar refractivity (Wildman–Crippen MR) is 80.5 cm³/mol. The molecule has 0 amide bonds. The number of carbonyl (C=O) groups is 3. The molecule has 1 aliphatic heterocycles. The first kappa shape index (κ1) is 17.2. The van der Waals surface area contributed by atoms with Crippen LogP contribution in [0.4, 0.5) is 0 Å². The van der Waals surface area contributed by atoms with Crippen LogP contribution in [0.25, 0.3) is 0 Å². The standard InChI is InChI=1S/C15H16ClNO6/c1-17(2)9-15(22-13(19)14(20)23-15)12(18)10-3-5-11(6-4-10)21-8-7-16/h3-6H,7-9H2,1-2H3. The van der Waals surface area contributed by atoms with Crippen molar-refractivity contribution in [3.63, 3.8) is 0 Å². The Balaban J connectivity index is 2.24. The van der Waals surface area contributed by atoms with Gasteiger partial charge in [-0.1, -0.05) is 0 Å². The van der Waals surface area contributed by atoms with Gasteiger partial charge in [0.15, 0.2) is 0 Å². The van der Waals surface area contributed by atoms with E-state index in [2.05, 4.69) is 0 Å². The summed E-state index contributed by atoms with van der Waals surface area (Å²) in [5, 5.41) is 0. The van der Waals surface area contributed by atoms with Crippen LogP contribution in [0, 0.1) is 0 Å². The van der Waals surface area contributed by atoms with E-state index in [4.69, 9.17) is 25.8 Å². The van der Waals surface area contributed by atoms with Crippen molar-refractivity contribution >= 4 is 29.3 Å². The average molecular weight is 342 g/mol. The zero-order valence-corrected chi connectivity index (χ0v) is 13.5. The van der Waals surface area contributed by atoms with E-state index < -0.39 is 23.5 Å². The molecule has 23 heavy (non-hydrogen) atoms. The van der Waals surface area contributed by atoms with E-state index in [1.807, 2.05) is 0 Å². The number of Topliss-reactive ketones (excluding diaryl/α,β-unsaturated/α-hetero) is 1. The Morgan fingerprint density at radius 3 is 2.22 bits per heavy atom. The van der Waals surface area contributed by atoms with Gasteiger partial charge >= 0.3 is 17.7 Å². The Morgan fingerprint density at radius 1 is 1.17 bits per heavy atom. The molecule has 0 saturated carbocycles. The molecule has 0 radical (unpaired) electrons. The van der Waals surface area contributed by atoms with Gasteiger partial charge in [-0.05, 0) is 38.4 Å². The van der Waals surface area contributed by atoms with Crippen LogP contribution in [-0.2, 0) is 19.1 Å². The van der Waals surface area contributed by atoms with Crippen molar-refractivity contribution in [2.75, 3.05) is 33.1 Å². The number of cyclic esters (lactones) is 2. The number of ether oxygens (including phenoxy) is 3. The number of halogens is 1. The molecule has 0 spiro atoms. The highest BCUT2D eigenvalue weighted by Crippen LogP contribution is 2.27. The molecule has 2 rings (SSSR count). The van der Waals surface area contributed by atoms with Gasteiger partial charge in [0, 0.05) is 5.56 Å². The number of likely N-dealkylation sites (N-methyl/N-ethyl adjacent to an activating group) is 1. The lowest BCUT2D eigenvalue weighted by molar-refractivity contribution is -0.163. The first-order valence-electron chi connectivity index (χ1n) is 6.82. The third-order valence-electron chi connectivity index (χ3n) is 3.01. The molecule has 0 bridgehead atoms. The second-order valence-corrected chi connectivity index (χ2v) is 5.54. The Hall–Kier alpha value is -2.12. The van der Waals surface area contributed by atoms with Crippen molar-refractivity contribution < 1.29 is 28.6 Å². The van der Waals surface area contributed by atoms with E-state index in [-0.39, 0.29) is 12.1 Å². The minimum Gasteiger partial charge on any atom is -0.492 e. The van der Waals surface area contributed by atoms with Gasteiger partial charge in [-0.25, -0.2) is 9.59 Å². The summed E-state index contributed by atoms with van der Waals surface area (Å²) in [6.07, 6.45) is 0. The highest BCUT2D eigenvalue weighted by molar-refractivity contribution is 6.32. The quantitative estimate of drug-likeness (QED) is 0.314. The summed E-state index contributed by atoms with van der Waals surface area (Å²) in [6, 6.07) is 6.18. The molecule has 1 fully saturated rings. The molecule has 1 heterocycles. The van der Waals surface area contributed by atoms with Gasteiger partial charge < -0.3 is 19.1 Å². The van der Waals surface area contributed by atoms with Gasteiger partial charge in [0.05, 0.1) is 12.4 Å². The van der Waals surface area contributed by atoms with Crippen LogP contribution < -0.4 is 4.74 Å². The first-order valence-corrected chi connectivity index (χ1v) is 7.36. The Bertz CT molecular complexity index is 597. The molecule has 124 valence electrons. The Morgan fingerprint density at radius 2 is 1.74 bits per heavy atom. The van der Waals surface area contributed by atoms with Crippen LogP contribution in [-0.4, -0.2) is 61.5 Å². The van der Waals surface area contributed by atoms with E-state index in [9.17, 15) is 14.4 Å². The van der Waals surface area contributed by atoms with Crippen molar-refractivity contribution in [2.45, 2.75) is 5.79 Å². The molecule has 0 aromatic heterocycles. The molecule has 1 aromatic rings. The molecule has 1 aromatic carbocycles. The SMILES string of the molecule is CN(C)CC1(C(=O)c2ccc(OCCCl)cc2)OC(=O)C(=O)O1. The summed E-state index contributed by atoms with van der Waals surface area (Å²) in [6.45, 7) is 0.266. The number of ketones is 1. The molecule has 0 atom stereocenters. The zero-order chi connectivity index (χ0) is 17.0. The van der Waals surface area contributed by atoms with E-state index >= 15 is 0 Å². The molecule has 0 unspecified atom stereocenters. The van der Waals surface area contributed by atoms with Crippen molar-refractivity contribution in [1.29, 1.82) is 0 Å². The van der Waals surface area contributed by atoms with Crippen molar-refractivity contribution in [2.24, 2.45) is 0 Å². The summed E-state index contributed by atoms with van der Waals surface area (Å²) in [5.74, 6) is -4.04. The van der Waals surface area contributed by atoms with Gasteiger partial charge in [0.25, 0.3) is 0 Å². The van der Waals surface area contributed by atoms with Crippen LogP contribution in [0.15, 0.2) is 24.3 Å². The molecule has 8 heteroatoms. The summed E-state index contributed by atoms with van der Waals surface area (Å²) >= 11 is 5.53. The summed E-state index contributed by atoms with van der Waals surface area (Å²) in [5.41, 5.74) is 0.229. The highest BCUT2D eigenvalue weighted by Gasteiger charge is 2.55. The largest absolute Gasteiger partial charge is 0.492 e. The zero-order valence-electron chi connectivity index (χ0n) is 12.7. The van der Waals surface area contributed by atoms with Crippen molar-refractivity contribution in [3.05, 3.63) is 29.8 Å². The maximum atomic E-state index is 12.7. The minimum atomic E-state index is -1.96. The number of rotatable bonds is 7. The summed E-state index contributed by atoms with van der Waals surface area (Å²) in [7, 11) is 3.33. The monoisotopic (exact) mass is 341 g/mol. The number of esters is 2. The second-order valence-electron chi connectivity index (χ2n) is 5.16. The molecular formula is C15H16ClNO6. The molecule has 0 aliphatic carbocycles. The van der Waals surface area contributed by atoms with Crippen molar-refractivity contribution in [1.82, 2.24) is 4.90 Å². The normalized spacial score (nSPS) is 16.2. The van der Waals surface area contributed by atoms with Crippen LogP contribution >= 0.6 is 11.6 Å². The fraction of sp³-hybridized carbons (Fsp3) is 0.400. The smallest absolute Gasteiger partial charge is 0.421 e. The topological polar surface area (TPSA) is 82.1 Å². The number of benzene rings is 1. The van der Waals surface area contributed by atoms with E-state index in [0.29, 0.717) is 18.2 Å². The fourth-order valence-electron chi connectivity index (χ4n) is 2.13. The number of nitrogens with zero attached hydrogens (tertiary/aromatic N) is 1. The van der Waals surface area contributed by atoms with Crippen LogP contribution in [0.5, 0.6) is 5.75 Å². The first-order chi connectivity index (χ1) is 10.9. The molecular weight excluding hydrogens is 326 g/mol. The van der Waals surface area contributed by atoms with E-state index in [0.717, 1.165) is 0 Å². The van der Waals surface area contributed by atoms with Crippen molar-refractivity contribution in [3.8, 4) is 5.75 Å². The summed E-state index contributed by atoms with van der Waals surface area (Å²) in [4.78, 5) is 37.0. The molecule has 1 saturated heterocycles. The average Bonchev–Trinajstić information content (AvgIpc) is 2.79. The lowest BCUT2D eigenvalue weighted by atomic mass is 10.0. The van der Waals surface area contributed by atoms with Crippen LogP contribution in [0.3, 0.4) is 0 Å². The maximum Gasteiger partial charge on any atom is 0.421 e. The Labute approximate surface area is 138 Å². The van der Waals surface area contributed by atoms with E-state index in [1.54, 1.807) is 31.1 Å². The van der Waals surface area contributed by atoms with E-state index in [1.165, 1.54) is 12.1 Å². The Kier molecular flexibility index (Phi) is 5.23. The second kappa shape index (κ2) is 6.97. The summed E-state index contributed by atoms with van der Waals surface area (Å²) < 4.78 is 15.2. The number of hydrogen-bond acceptors (Lipinski definition) is 7.